The monoisotopic (exact) mass is 459 g/mol. The molecule has 1 fully saturated rings. The average Bonchev–Trinajstić information content (AvgIpc) is 2.58. The summed E-state index contributed by atoms with van der Waals surface area (Å²) < 4.78 is 6.15. The van der Waals surface area contributed by atoms with E-state index in [-0.39, 0.29) is 34.0 Å². The summed E-state index contributed by atoms with van der Waals surface area (Å²) >= 11 is 0. The molecule has 188 valence electrons. The number of hydrogen-bond donors (Lipinski definition) is 1. The number of likely N-dealkylation sites (tertiary alicyclic amines) is 1. The van der Waals surface area contributed by atoms with Gasteiger partial charge >= 0.3 is 5.97 Å². The molecule has 1 N–H and O–H groups in total. The summed E-state index contributed by atoms with van der Waals surface area (Å²) in [5.41, 5.74) is 1.79. The second-order valence-electron chi connectivity index (χ2n) is 14.2. The van der Waals surface area contributed by atoms with Crippen LogP contribution in [0.5, 0.6) is 5.75 Å². The highest BCUT2D eigenvalue weighted by molar-refractivity contribution is 5.76. The molecule has 0 radical (unpaired) electrons. The molecular formula is C29H49NO3. The lowest BCUT2D eigenvalue weighted by Gasteiger charge is -2.53. The van der Waals surface area contributed by atoms with Crippen molar-refractivity contribution in [2.45, 2.75) is 130 Å². The van der Waals surface area contributed by atoms with Gasteiger partial charge in [-0.1, -0.05) is 53.7 Å². The van der Waals surface area contributed by atoms with Crippen molar-refractivity contribution in [2.75, 3.05) is 7.05 Å². The van der Waals surface area contributed by atoms with E-state index in [2.05, 4.69) is 93.3 Å². The third-order valence-corrected chi connectivity index (χ3v) is 7.53. The predicted octanol–water partition coefficient (Wildman–Crippen LogP) is 6.75. The van der Waals surface area contributed by atoms with Gasteiger partial charge in [-0.15, -0.1) is 0 Å². The lowest BCUT2D eigenvalue weighted by Crippen LogP contribution is -2.60. The van der Waals surface area contributed by atoms with Crippen molar-refractivity contribution < 1.29 is 14.6 Å². The Balaban J connectivity index is 2.32. The second-order valence-corrected chi connectivity index (χ2v) is 14.2. The number of nitrogens with zero attached hydrogens (tertiary/aromatic N) is 1. The zero-order chi connectivity index (χ0) is 25.8. The lowest BCUT2D eigenvalue weighted by atomic mass is 9.76. The molecule has 1 aromatic carbocycles. The van der Waals surface area contributed by atoms with Gasteiger partial charge in [0.15, 0.2) is 0 Å². The van der Waals surface area contributed by atoms with E-state index >= 15 is 0 Å². The van der Waals surface area contributed by atoms with E-state index in [0.717, 1.165) is 29.5 Å². The molecule has 4 heteroatoms. The maximum absolute atomic E-state index is 13.4. The van der Waals surface area contributed by atoms with Crippen LogP contribution in [0.3, 0.4) is 0 Å². The average molecular weight is 460 g/mol. The Kier molecular flexibility index (Phi) is 7.21. The van der Waals surface area contributed by atoms with E-state index in [9.17, 15) is 9.90 Å². The Morgan fingerprint density at radius 1 is 0.939 bits per heavy atom. The molecule has 0 aliphatic carbocycles. The number of aromatic hydroxyl groups is 1. The van der Waals surface area contributed by atoms with Gasteiger partial charge in [-0.05, 0) is 82.5 Å². The second kappa shape index (κ2) is 8.59. The van der Waals surface area contributed by atoms with Gasteiger partial charge in [0.2, 0.25) is 0 Å². The van der Waals surface area contributed by atoms with E-state index < -0.39 is 5.41 Å². The van der Waals surface area contributed by atoms with Crippen molar-refractivity contribution in [1.29, 1.82) is 0 Å². The molecule has 0 atom stereocenters. The molecule has 0 saturated carbocycles. The van der Waals surface area contributed by atoms with Crippen molar-refractivity contribution >= 4 is 5.97 Å². The van der Waals surface area contributed by atoms with Gasteiger partial charge in [0.25, 0.3) is 0 Å². The Labute approximate surface area is 203 Å². The normalized spacial score (nSPS) is 20.0. The summed E-state index contributed by atoms with van der Waals surface area (Å²) in [6.07, 6.45) is 2.14. The van der Waals surface area contributed by atoms with E-state index in [0.29, 0.717) is 12.2 Å². The number of ether oxygens (including phenoxy) is 1. The van der Waals surface area contributed by atoms with Crippen LogP contribution < -0.4 is 0 Å². The molecule has 1 aliphatic heterocycles. The molecule has 0 amide bonds. The molecule has 1 aliphatic rings. The highest BCUT2D eigenvalue weighted by Gasteiger charge is 2.45. The van der Waals surface area contributed by atoms with Crippen molar-refractivity contribution in [3.8, 4) is 5.75 Å². The van der Waals surface area contributed by atoms with Gasteiger partial charge in [0.05, 0.1) is 5.41 Å². The molecule has 2 rings (SSSR count). The van der Waals surface area contributed by atoms with Gasteiger partial charge in [-0.25, -0.2) is 0 Å². The zero-order valence-corrected chi connectivity index (χ0v) is 23.6. The van der Waals surface area contributed by atoms with E-state index in [1.807, 2.05) is 13.8 Å². The summed E-state index contributed by atoms with van der Waals surface area (Å²) in [6.45, 7) is 25.5. The molecular weight excluding hydrogens is 410 g/mol. The number of benzene rings is 1. The molecule has 0 unspecified atom stereocenters. The molecule has 0 aromatic heterocycles. The number of carbonyl (C=O) groups is 1. The summed E-state index contributed by atoms with van der Waals surface area (Å²) in [7, 11) is 2.16. The summed E-state index contributed by atoms with van der Waals surface area (Å²) in [5, 5.41) is 11.0. The number of piperidine rings is 1. The predicted molar refractivity (Wildman–Crippen MR) is 138 cm³/mol. The highest BCUT2D eigenvalue weighted by atomic mass is 16.5. The van der Waals surface area contributed by atoms with Crippen LogP contribution in [-0.2, 0) is 26.8 Å². The van der Waals surface area contributed by atoms with Gasteiger partial charge in [0, 0.05) is 23.9 Å². The Morgan fingerprint density at radius 2 is 1.33 bits per heavy atom. The highest BCUT2D eigenvalue weighted by Crippen LogP contribution is 2.42. The fourth-order valence-electron chi connectivity index (χ4n) is 5.20. The molecule has 0 bridgehead atoms. The van der Waals surface area contributed by atoms with Gasteiger partial charge in [-0.3, -0.25) is 9.69 Å². The van der Waals surface area contributed by atoms with Gasteiger partial charge in [0.1, 0.15) is 11.9 Å². The smallest absolute Gasteiger partial charge is 0.312 e. The Morgan fingerprint density at radius 3 is 1.70 bits per heavy atom. The number of rotatable bonds is 4. The molecule has 1 heterocycles. The largest absolute Gasteiger partial charge is 0.507 e. The van der Waals surface area contributed by atoms with Crippen molar-refractivity contribution in [2.24, 2.45) is 5.41 Å². The maximum atomic E-state index is 13.4. The molecule has 4 nitrogen and oxygen atoms in total. The topological polar surface area (TPSA) is 49.8 Å². The van der Waals surface area contributed by atoms with Crippen molar-refractivity contribution in [3.05, 3.63) is 28.8 Å². The van der Waals surface area contributed by atoms with E-state index in [1.165, 1.54) is 0 Å². The van der Waals surface area contributed by atoms with Crippen LogP contribution >= 0.6 is 0 Å². The third kappa shape index (κ3) is 6.12. The zero-order valence-electron chi connectivity index (χ0n) is 23.6. The standard InChI is InChI=1S/C29H49NO3/c1-25(2,3)21-14-19(15-22(23(21)31)26(4,5)6)16-27(7,8)24(32)33-20-17-28(9,10)30(13)29(11,12)18-20/h14-15,20,31H,16-18H2,1-13H3. The molecule has 1 saturated heterocycles. The first-order valence-corrected chi connectivity index (χ1v) is 12.4. The SMILES string of the molecule is CN1C(C)(C)CC(OC(=O)C(C)(C)Cc2cc(C(C)(C)C)c(O)c(C(C)(C)C)c2)CC1(C)C. The summed E-state index contributed by atoms with van der Waals surface area (Å²) in [6, 6.07) is 4.14. The first kappa shape index (κ1) is 27.7. The lowest BCUT2D eigenvalue weighted by molar-refractivity contribution is -0.169. The summed E-state index contributed by atoms with van der Waals surface area (Å²) in [5.74, 6) is 0.223. The minimum absolute atomic E-state index is 0.0307. The number of esters is 1. The third-order valence-electron chi connectivity index (χ3n) is 7.53. The fourth-order valence-corrected chi connectivity index (χ4v) is 5.20. The van der Waals surface area contributed by atoms with Crippen molar-refractivity contribution in [3.63, 3.8) is 0 Å². The van der Waals surface area contributed by atoms with Crippen LogP contribution in [-0.4, -0.2) is 40.2 Å². The Hall–Kier alpha value is -1.55. The quantitative estimate of drug-likeness (QED) is 0.506. The molecule has 0 spiro atoms. The van der Waals surface area contributed by atoms with Gasteiger partial charge in [-0.2, -0.15) is 0 Å². The minimum Gasteiger partial charge on any atom is -0.507 e. The Bertz CT molecular complexity index is 828. The van der Waals surface area contributed by atoms with E-state index in [4.69, 9.17) is 4.74 Å². The number of phenolic OH excluding ortho intramolecular Hbond substituents is 1. The summed E-state index contributed by atoms with van der Waals surface area (Å²) in [4.78, 5) is 15.8. The van der Waals surface area contributed by atoms with Crippen LogP contribution in [0.1, 0.15) is 113 Å². The number of hydrogen-bond acceptors (Lipinski definition) is 4. The first-order valence-electron chi connectivity index (χ1n) is 12.4. The first-order chi connectivity index (χ1) is 14.6. The fraction of sp³-hybridized carbons (Fsp3) is 0.759. The van der Waals surface area contributed by atoms with Crippen LogP contribution in [0.4, 0.5) is 0 Å². The van der Waals surface area contributed by atoms with Crippen LogP contribution in [0, 0.1) is 5.41 Å². The van der Waals surface area contributed by atoms with Gasteiger partial charge < -0.3 is 9.84 Å². The van der Waals surface area contributed by atoms with Crippen molar-refractivity contribution in [1.82, 2.24) is 4.90 Å². The van der Waals surface area contributed by atoms with Crippen LogP contribution in [0.15, 0.2) is 12.1 Å². The minimum atomic E-state index is -0.668. The maximum Gasteiger partial charge on any atom is 0.312 e. The van der Waals surface area contributed by atoms with E-state index in [1.54, 1.807) is 0 Å². The van der Waals surface area contributed by atoms with Crippen LogP contribution in [0.25, 0.3) is 0 Å². The number of carbonyl (C=O) groups excluding carboxylic acids is 1. The molecule has 33 heavy (non-hydrogen) atoms. The number of phenols is 1. The van der Waals surface area contributed by atoms with Crippen LogP contribution in [0.2, 0.25) is 0 Å². The molecule has 1 aromatic rings.